The molecule has 3 aromatic rings. The van der Waals surface area contributed by atoms with Gasteiger partial charge in [-0.25, -0.2) is 18.4 Å². The first kappa shape index (κ1) is 22.9. The number of rotatable bonds is 6. The van der Waals surface area contributed by atoms with Crippen molar-refractivity contribution < 1.29 is 13.2 Å². The number of aryl methyl sites for hydroxylation is 2. The number of carbonyl (C=O) groups is 1. The Morgan fingerprint density at radius 1 is 1.31 bits per heavy atom. The Bertz CT molecular complexity index is 1210. The molecule has 0 saturated carbocycles. The van der Waals surface area contributed by atoms with Crippen molar-refractivity contribution in [3.05, 3.63) is 57.9 Å². The third kappa shape index (κ3) is 5.03. The van der Waals surface area contributed by atoms with Gasteiger partial charge in [-0.1, -0.05) is 23.7 Å². The second-order valence-electron chi connectivity index (χ2n) is 7.84. The lowest BCUT2D eigenvalue weighted by Crippen LogP contribution is -2.41. The molecule has 1 fully saturated rings. The van der Waals surface area contributed by atoms with E-state index in [0.717, 1.165) is 10.4 Å². The first-order chi connectivity index (χ1) is 15.2. The van der Waals surface area contributed by atoms with E-state index in [1.165, 1.54) is 21.8 Å². The maximum absolute atomic E-state index is 12.8. The van der Waals surface area contributed by atoms with Gasteiger partial charge >= 0.3 is 0 Å². The topological polar surface area (TPSA) is 97.2 Å². The quantitative estimate of drug-likeness (QED) is 0.567. The van der Waals surface area contributed by atoms with Crippen LogP contribution >= 0.6 is 22.9 Å². The van der Waals surface area contributed by atoms with E-state index in [0.29, 0.717) is 35.2 Å². The fourth-order valence-corrected chi connectivity index (χ4v) is 6.20. The predicted molar refractivity (Wildman–Crippen MR) is 124 cm³/mol. The maximum atomic E-state index is 12.8. The molecule has 4 rings (SSSR count). The first-order valence-electron chi connectivity index (χ1n) is 10.2. The molecule has 170 valence electrons. The zero-order chi connectivity index (χ0) is 22.9. The van der Waals surface area contributed by atoms with Gasteiger partial charge in [0.1, 0.15) is 5.82 Å². The number of anilines is 1. The number of aromatic nitrogens is 3. The van der Waals surface area contributed by atoms with Gasteiger partial charge in [0, 0.05) is 54.8 Å². The Hall–Kier alpha value is -2.27. The summed E-state index contributed by atoms with van der Waals surface area (Å²) in [6.07, 6.45) is 4.88. The second-order valence-corrected chi connectivity index (χ2v) is 11.3. The Kier molecular flexibility index (Phi) is 6.66. The minimum absolute atomic E-state index is 0.0513. The summed E-state index contributed by atoms with van der Waals surface area (Å²) in [6.45, 7) is 2.33. The van der Waals surface area contributed by atoms with E-state index in [1.54, 1.807) is 24.7 Å². The highest BCUT2D eigenvalue weighted by atomic mass is 35.5. The van der Waals surface area contributed by atoms with Crippen LogP contribution in [-0.4, -0.2) is 46.3 Å². The van der Waals surface area contributed by atoms with E-state index >= 15 is 0 Å². The number of sulfonamides is 1. The molecule has 1 saturated heterocycles. The number of amides is 1. The van der Waals surface area contributed by atoms with E-state index in [1.807, 2.05) is 24.3 Å². The summed E-state index contributed by atoms with van der Waals surface area (Å²) in [6, 6.07) is 7.64. The number of hydrogen-bond acceptors (Lipinski definition) is 6. The van der Waals surface area contributed by atoms with Gasteiger partial charge in [0.25, 0.3) is 10.0 Å². The van der Waals surface area contributed by atoms with E-state index in [4.69, 9.17) is 11.6 Å². The molecule has 1 aliphatic rings. The van der Waals surface area contributed by atoms with Crippen LogP contribution in [0.2, 0.25) is 5.02 Å². The molecule has 8 nitrogen and oxygen atoms in total. The smallest absolute Gasteiger partial charge is 0.262 e. The Labute approximate surface area is 196 Å². The van der Waals surface area contributed by atoms with Crippen LogP contribution in [0, 0.1) is 12.8 Å². The molecule has 1 N–H and O–H groups in total. The lowest BCUT2D eigenvalue weighted by atomic mass is 9.97. The largest absolute Gasteiger partial charge is 0.337 e. The predicted octanol–water partition coefficient (Wildman–Crippen LogP) is 3.47. The summed E-state index contributed by atoms with van der Waals surface area (Å²) in [5, 5.41) is 4.17. The van der Waals surface area contributed by atoms with Crippen molar-refractivity contribution in [2.75, 3.05) is 18.4 Å². The lowest BCUT2D eigenvalue weighted by molar-refractivity contribution is -0.120. The average Bonchev–Trinajstić information content (AvgIpc) is 3.34. The van der Waals surface area contributed by atoms with Crippen LogP contribution in [0.5, 0.6) is 0 Å². The Morgan fingerprint density at radius 2 is 2.06 bits per heavy atom. The third-order valence-corrected chi connectivity index (χ3v) is 8.48. The highest BCUT2D eigenvalue weighted by Crippen LogP contribution is 2.27. The third-order valence-electron chi connectivity index (χ3n) is 5.57. The van der Waals surface area contributed by atoms with Crippen LogP contribution in [0.3, 0.4) is 0 Å². The monoisotopic (exact) mass is 493 g/mol. The molecule has 0 radical (unpaired) electrons. The van der Waals surface area contributed by atoms with Crippen molar-refractivity contribution in [3.8, 4) is 0 Å². The molecule has 0 atom stereocenters. The van der Waals surface area contributed by atoms with Crippen molar-refractivity contribution in [2.24, 2.45) is 13.0 Å². The SMILES string of the molecule is Cc1nc(S(=O)(=O)N2CCC(C(=O)Nc3ncc(Cc4cccc(Cl)c4)s3)CC2)cn1C. The molecular weight excluding hydrogens is 470 g/mol. The molecule has 2 aromatic heterocycles. The number of imidazole rings is 1. The average molecular weight is 494 g/mol. The van der Waals surface area contributed by atoms with Crippen LogP contribution in [0.25, 0.3) is 0 Å². The molecule has 0 spiro atoms. The maximum Gasteiger partial charge on any atom is 0.262 e. The van der Waals surface area contributed by atoms with Gasteiger partial charge in [-0.15, -0.1) is 11.3 Å². The number of carbonyl (C=O) groups excluding carboxylic acids is 1. The van der Waals surface area contributed by atoms with Gasteiger partial charge in [-0.2, -0.15) is 4.31 Å². The van der Waals surface area contributed by atoms with Crippen LogP contribution in [0.15, 0.2) is 41.7 Å². The number of piperidine rings is 1. The fourth-order valence-electron chi connectivity index (χ4n) is 3.64. The summed E-state index contributed by atoms with van der Waals surface area (Å²) in [5.74, 6) is 0.252. The molecule has 1 amide bonds. The Morgan fingerprint density at radius 3 is 2.72 bits per heavy atom. The van der Waals surface area contributed by atoms with Crippen molar-refractivity contribution in [1.82, 2.24) is 18.8 Å². The summed E-state index contributed by atoms with van der Waals surface area (Å²) < 4.78 is 28.7. The number of nitrogens with one attached hydrogen (secondary N) is 1. The van der Waals surface area contributed by atoms with Gasteiger partial charge in [0.15, 0.2) is 10.2 Å². The van der Waals surface area contributed by atoms with Crippen LogP contribution in [-0.2, 0) is 28.3 Å². The number of hydrogen-bond donors (Lipinski definition) is 1. The van der Waals surface area contributed by atoms with Crippen molar-refractivity contribution in [2.45, 2.75) is 31.2 Å². The van der Waals surface area contributed by atoms with E-state index in [-0.39, 0.29) is 29.9 Å². The molecule has 11 heteroatoms. The molecule has 0 aliphatic carbocycles. The van der Waals surface area contributed by atoms with Gasteiger partial charge in [0.05, 0.1) is 0 Å². The number of nitrogens with zero attached hydrogens (tertiary/aromatic N) is 4. The lowest BCUT2D eigenvalue weighted by Gasteiger charge is -2.29. The molecule has 0 unspecified atom stereocenters. The number of halogens is 1. The minimum atomic E-state index is -3.65. The molecule has 1 aromatic carbocycles. The van der Waals surface area contributed by atoms with Crippen LogP contribution in [0.4, 0.5) is 5.13 Å². The van der Waals surface area contributed by atoms with Crippen molar-refractivity contribution in [3.63, 3.8) is 0 Å². The molecular formula is C21H24ClN5O3S2. The van der Waals surface area contributed by atoms with Crippen molar-refractivity contribution in [1.29, 1.82) is 0 Å². The Balaban J connectivity index is 1.32. The normalized spacial score (nSPS) is 15.7. The summed E-state index contributed by atoms with van der Waals surface area (Å²) in [5.41, 5.74) is 1.08. The molecule has 3 heterocycles. The van der Waals surface area contributed by atoms with Gasteiger partial charge in [-0.05, 0) is 37.5 Å². The summed E-state index contributed by atoms with van der Waals surface area (Å²) in [4.78, 5) is 22.2. The highest BCUT2D eigenvalue weighted by molar-refractivity contribution is 7.89. The molecule has 0 bridgehead atoms. The van der Waals surface area contributed by atoms with Gasteiger partial charge < -0.3 is 9.88 Å². The summed E-state index contributed by atoms with van der Waals surface area (Å²) in [7, 11) is -1.89. The van der Waals surface area contributed by atoms with Crippen molar-refractivity contribution >= 4 is 44.0 Å². The second kappa shape index (κ2) is 9.30. The number of thiazole rings is 1. The standard InChI is InChI=1S/C21H24ClN5O3S2/c1-14-24-19(13-26(14)2)32(29,30)27-8-6-16(7-9-27)20(28)25-21-23-12-18(31-21)11-15-4-3-5-17(22)10-15/h3-5,10,12-13,16H,6-9,11H2,1-2H3,(H,23,25,28). The zero-order valence-corrected chi connectivity index (χ0v) is 20.2. The van der Waals surface area contributed by atoms with Crippen LogP contribution < -0.4 is 5.32 Å². The highest BCUT2D eigenvalue weighted by Gasteiger charge is 2.33. The van der Waals surface area contributed by atoms with Crippen LogP contribution in [0.1, 0.15) is 29.1 Å². The first-order valence-corrected chi connectivity index (χ1v) is 12.9. The van der Waals surface area contributed by atoms with Gasteiger partial charge in [-0.3, -0.25) is 4.79 Å². The summed E-state index contributed by atoms with van der Waals surface area (Å²) >= 11 is 7.47. The van der Waals surface area contributed by atoms with E-state index in [2.05, 4.69) is 15.3 Å². The fraction of sp³-hybridized carbons (Fsp3) is 0.381. The minimum Gasteiger partial charge on any atom is -0.337 e. The van der Waals surface area contributed by atoms with Gasteiger partial charge in [0.2, 0.25) is 5.91 Å². The van der Waals surface area contributed by atoms with E-state index in [9.17, 15) is 13.2 Å². The molecule has 32 heavy (non-hydrogen) atoms. The molecule has 1 aliphatic heterocycles. The zero-order valence-electron chi connectivity index (χ0n) is 17.8. The number of benzene rings is 1. The van der Waals surface area contributed by atoms with E-state index < -0.39 is 10.0 Å².